The van der Waals surface area contributed by atoms with Crippen LogP contribution >= 0.6 is 0 Å². The lowest BCUT2D eigenvalue weighted by Gasteiger charge is -2.42. The van der Waals surface area contributed by atoms with Gasteiger partial charge < -0.3 is 24.6 Å². The summed E-state index contributed by atoms with van der Waals surface area (Å²) in [5.74, 6) is -3.29. The van der Waals surface area contributed by atoms with Gasteiger partial charge in [-0.25, -0.2) is 18.6 Å². The van der Waals surface area contributed by atoms with Crippen LogP contribution < -0.4 is 15.8 Å². The number of aromatic amines is 1. The summed E-state index contributed by atoms with van der Waals surface area (Å²) in [5.41, 5.74) is -1.01. The molecule has 0 saturated carbocycles. The molecule has 0 spiro atoms. The lowest BCUT2D eigenvalue weighted by Crippen LogP contribution is -2.59. The van der Waals surface area contributed by atoms with Gasteiger partial charge in [-0.15, -0.1) is 0 Å². The second-order valence-corrected chi connectivity index (χ2v) is 11.1. The number of likely N-dealkylation sites (tertiary alicyclic amines) is 1. The molecule has 0 unspecified atom stereocenters. The van der Waals surface area contributed by atoms with Crippen LogP contribution in [0.1, 0.15) is 43.4 Å². The predicted molar refractivity (Wildman–Crippen MR) is 147 cm³/mol. The Kier molecular flexibility index (Phi) is 7.81. The van der Waals surface area contributed by atoms with E-state index in [0.717, 1.165) is 37.5 Å². The Labute approximate surface area is 242 Å². The van der Waals surface area contributed by atoms with Crippen LogP contribution in [0.3, 0.4) is 0 Å². The average molecular weight is 611 g/mol. The molecule has 0 radical (unpaired) electrons. The zero-order valence-corrected chi connectivity index (χ0v) is 23.7. The van der Waals surface area contributed by atoms with Gasteiger partial charge in [0, 0.05) is 63.8 Å². The summed E-state index contributed by atoms with van der Waals surface area (Å²) in [7, 11) is 2.21. The van der Waals surface area contributed by atoms with Gasteiger partial charge in [0.15, 0.2) is 5.65 Å². The van der Waals surface area contributed by atoms with Crippen LogP contribution in [-0.4, -0.2) is 86.7 Å². The van der Waals surface area contributed by atoms with E-state index in [0.29, 0.717) is 46.6 Å². The number of anilines is 2. The molecule has 5 heterocycles. The molecule has 0 aromatic carbocycles. The SMILES string of the molecule is CC(=O)N1CCC(c2[nH]nc3ncc(N4CC[C@H](N(C)C(=O)Nc5cc(C(F)(F)F)cn(C)c5=O)C(F)(F)C4)cc23)CC1. The summed E-state index contributed by atoms with van der Waals surface area (Å²) >= 11 is 0. The smallest absolute Gasteiger partial charge is 0.364 e. The van der Waals surface area contributed by atoms with Gasteiger partial charge in [-0.05, 0) is 31.4 Å². The van der Waals surface area contributed by atoms with Crippen molar-refractivity contribution in [3.05, 3.63) is 46.1 Å². The van der Waals surface area contributed by atoms with Crippen molar-refractivity contribution in [2.45, 2.75) is 50.2 Å². The first-order chi connectivity index (χ1) is 20.2. The minimum absolute atomic E-state index is 0.0178. The van der Waals surface area contributed by atoms with Gasteiger partial charge in [-0.1, -0.05) is 0 Å². The maximum Gasteiger partial charge on any atom is 0.417 e. The Hall–Kier alpha value is -4.24. The summed E-state index contributed by atoms with van der Waals surface area (Å²) < 4.78 is 71.3. The van der Waals surface area contributed by atoms with Gasteiger partial charge in [-0.2, -0.15) is 18.3 Å². The van der Waals surface area contributed by atoms with Crippen molar-refractivity contribution in [3.63, 3.8) is 0 Å². The number of rotatable bonds is 4. The number of hydrogen-bond acceptors (Lipinski definition) is 6. The molecule has 2 saturated heterocycles. The number of piperidine rings is 2. The molecule has 2 aliphatic rings. The van der Waals surface area contributed by atoms with Crippen molar-refractivity contribution >= 4 is 34.3 Å². The van der Waals surface area contributed by atoms with Crippen LogP contribution in [0.25, 0.3) is 11.0 Å². The molecule has 1 atom stereocenters. The molecular weight excluding hydrogens is 579 g/mol. The zero-order chi connectivity index (χ0) is 31.3. The number of aryl methyl sites for hydroxylation is 1. The lowest BCUT2D eigenvalue weighted by molar-refractivity contribution is -0.138. The van der Waals surface area contributed by atoms with Crippen LogP contribution in [0.5, 0.6) is 0 Å². The number of amides is 3. The van der Waals surface area contributed by atoms with Gasteiger partial charge in [0.05, 0.1) is 24.0 Å². The van der Waals surface area contributed by atoms with Gasteiger partial charge >= 0.3 is 12.2 Å². The highest BCUT2D eigenvalue weighted by Gasteiger charge is 2.48. The van der Waals surface area contributed by atoms with E-state index >= 15 is 8.78 Å². The van der Waals surface area contributed by atoms with Crippen LogP contribution in [0.4, 0.5) is 38.1 Å². The van der Waals surface area contributed by atoms with Crippen molar-refractivity contribution in [3.8, 4) is 0 Å². The molecule has 2 N–H and O–H groups in total. The molecule has 232 valence electrons. The number of hydrogen-bond donors (Lipinski definition) is 2. The number of aromatic nitrogens is 4. The standard InChI is InChI=1S/C27H31F5N8O3/c1-15(41)39-7-4-16(5-8-39)22-19-11-18(12-33-23(19)36-35-22)40-9-6-21(26(28,29)14-40)38(3)25(43)34-20-10-17(27(30,31)32)13-37(2)24(20)42/h10-13,16,21H,4-9,14H2,1-3H3,(H,34,43)(H,33,35,36)/t21-/m0/s1. The Bertz CT molecular complexity index is 1600. The number of carbonyl (C=O) groups excluding carboxylic acids is 2. The van der Waals surface area contributed by atoms with Crippen molar-refractivity contribution in [1.29, 1.82) is 0 Å². The normalized spacial score (nSPS) is 19.5. The van der Waals surface area contributed by atoms with E-state index in [2.05, 4.69) is 20.5 Å². The van der Waals surface area contributed by atoms with Crippen LogP contribution in [0.15, 0.2) is 29.3 Å². The third-order valence-corrected chi connectivity index (χ3v) is 8.24. The first kappa shape index (κ1) is 30.2. The number of nitrogens with one attached hydrogen (secondary N) is 2. The molecule has 11 nitrogen and oxygen atoms in total. The van der Waals surface area contributed by atoms with E-state index < -0.39 is 47.5 Å². The molecule has 3 amide bonds. The Morgan fingerprint density at radius 1 is 1.14 bits per heavy atom. The van der Waals surface area contributed by atoms with Crippen molar-refractivity contribution < 1.29 is 31.5 Å². The summed E-state index contributed by atoms with van der Waals surface area (Å²) in [5, 5.41) is 10.1. The summed E-state index contributed by atoms with van der Waals surface area (Å²) in [6, 6.07) is -0.466. The minimum Gasteiger partial charge on any atom is -0.364 e. The molecule has 0 aliphatic carbocycles. The number of nitrogens with zero attached hydrogens (tertiary/aromatic N) is 6. The summed E-state index contributed by atoms with van der Waals surface area (Å²) in [6.07, 6.45) is -1.43. The highest BCUT2D eigenvalue weighted by Crippen LogP contribution is 2.36. The molecule has 16 heteroatoms. The maximum absolute atomic E-state index is 15.5. The Balaban J connectivity index is 1.29. The molecular formula is C27H31F5N8O3. The molecule has 2 aliphatic heterocycles. The van der Waals surface area contributed by atoms with Crippen LogP contribution in [0.2, 0.25) is 0 Å². The Morgan fingerprint density at radius 2 is 1.84 bits per heavy atom. The van der Waals surface area contributed by atoms with Gasteiger partial charge in [0.2, 0.25) is 5.91 Å². The predicted octanol–water partition coefficient (Wildman–Crippen LogP) is 3.78. The number of alkyl halides is 5. The third kappa shape index (κ3) is 5.99. The minimum atomic E-state index is -4.78. The molecule has 5 rings (SSSR count). The Morgan fingerprint density at radius 3 is 2.47 bits per heavy atom. The quantitative estimate of drug-likeness (QED) is 0.434. The molecule has 0 bridgehead atoms. The average Bonchev–Trinajstić information content (AvgIpc) is 3.37. The van der Waals surface area contributed by atoms with E-state index in [1.165, 1.54) is 18.0 Å². The lowest BCUT2D eigenvalue weighted by atomic mass is 9.92. The van der Waals surface area contributed by atoms with E-state index in [4.69, 9.17) is 0 Å². The summed E-state index contributed by atoms with van der Waals surface area (Å²) in [6.45, 7) is 2.15. The molecule has 3 aromatic rings. The number of carbonyl (C=O) groups is 2. The molecule has 2 fully saturated rings. The van der Waals surface area contributed by atoms with Gasteiger partial charge in [0.25, 0.3) is 11.5 Å². The second kappa shape index (κ2) is 11.1. The van der Waals surface area contributed by atoms with Crippen molar-refractivity contribution in [2.75, 3.05) is 43.4 Å². The topological polar surface area (TPSA) is 119 Å². The fraction of sp³-hybridized carbons (Fsp3) is 0.519. The first-order valence-electron chi connectivity index (χ1n) is 13.7. The van der Waals surface area contributed by atoms with E-state index in [1.54, 1.807) is 11.0 Å². The van der Waals surface area contributed by atoms with Crippen LogP contribution in [0, 0.1) is 0 Å². The van der Waals surface area contributed by atoms with E-state index in [9.17, 15) is 27.6 Å². The van der Waals surface area contributed by atoms with E-state index in [-0.39, 0.29) is 24.8 Å². The van der Waals surface area contributed by atoms with Gasteiger partial charge in [0.1, 0.15) is 11.7 Å². The second-order valence-electron chi connectivity index (χ2n) is 11.1. The summed E-state index contributed by atoms with van der Waals surface area (Å²) in [4.78, 5) is 45.2. The maximum atomic E-state index is 15.5. The molecule has 43 heavy (non-hydrogen) atoms. The number of H-pyrrole nitrogens is 1. The van der Waals surface area contributed by atoms with Gasteiger partial charge in [-0.3, -0.25) is 14.7 Å². The highest BCUT2D eigenvalue weighted by atomic mass is 19.4. The first-order valence-corrected chi connectivity index (χ1v) is 13.7. The van der Waals surface area contributed by atoms with Crippen LogP contribution in [-0.2, 0) is 18.0 Å². The fourth-order valence-electron chi connectivity index (χ4n) is 5.80. The highest BCUT2D eigenvalue weighted by molar-refractivity contribution is 5.89. The van der Waals surface area contributed by atoms with E-state index in [1.807, 2.05) is 0 Å². The number of urea groups is 1. The third-order valence-electron chi connectivity index (χ3n) is 8.24. The molecule has 3 aromatic heterocycles. The number of fused-ring (bicyclic) bond motifs is 1. The zero-order valence-electron chi connectivity index (χ0n) is 23.7. The number of halogens is 5. The number of pyridine rings is 2. The van der Waals surface area contributed by atoms with Crippen molar-refractivity contribution in [1.82, 2.24) is 29.5 Å². The fourth-order valence-corrected chi connectivity index (χ4v) is 5.80. The monoisotopic (exact) mass is 610 g/mol. The van der Waals surface area contributed by atoms with Crippen molar-refractivity contribution in [2.24, 2.45) is 7.05 Å². The largest absolute Gasteiger partial charge is 0.417 e.